The van der Waals surface area contributed by atoms with E-state index in [1.165, 1.54) is 81.2 Å². The van der Waals surface area contributed by atoms with Crippen LogP contribution in [-0.2, 0) is 6.42 Å². The summed E-state index contributed by atoms with van der Waals surface area (Å²) in [5.74, 6) is 1.77. The number of aromatic nitrogens is 2. The van der Waals surface area contributed by atoms with Crippen LogP contribution in [0.1, 0.15) is 61.3 Å². The first-order valence-electron chi connectivity index (χ1n) is 11.1. The molecule has 2 aromatic rings. The number of fused-ring (bicyclic) bond motifs is 3. The maximum absolute atomic E-state index is 4.73. The minimum atomic E-state index is 0.545. The Balaban J connectivity index is 1.38. The van der Waals surface area contributed by atoms with Crippen LogP contribution >= 0.6 is 11.3 Å². The van der Waals surface area contributed by atoms with E-state index >= 15 is 0 Å². The Hall–Kier alpha value is -1.24. The Morgan fingerprint density at radius 1 is 1.11 bits per heavy atom. The predicted octanol–water partition coefficient (Wildman–Crippen LogP) is 4.10. The van der Waals surface area contributed by atoms with Crippen molar-refractivity contribution >= 4 is 27.4 Å². The van der Waals surface area contributed by atoms with Crippen LogP contribution in [0.15, 0.2) is 6.33 Å². The zero-order valence-electron chi connectivity index (χ0n) is 17.3. The lowest BCUT2D eigenvalue weighted by atomic mass is 9.90. The van der Waals surface area contributed by atoms with Crippen molar-refractivity contribution < 1.29 is 0 Å². The van der Waals surface area contributed by atoms with E-state index in [1.807, 2.05) is 11.3 Å². The summed E-state index contributed by atoms with van der Waals surface area (Å²) >= 11 is 1.91. The summed E-state index contributed by atoms with van der Waals surface area (Å²) in [7, 11) is 4.42. The van der Waals surface area contributed by atoms with Crippen molar-refractivity contribution in [2.24, 2.45) is 0 Å². The topological polar surface area (TPSA) is 44.3 Å². The van der Waals surface area contributed by atoms with Crippen molar-refractivity contribution in [2.45, 2.75) is 69.4 Å². The van der Waals surface area contributed by atoms with Crippen LogP contribution in [0.4, 0.5) is 5.82 Å². The van der Waals surface area contributed by atoms with Gasteiger partial charge in [0.05, 0.1) is 5.39 Å². The van der Waals surface area contributed by atoms with Crippen molar-refractivity contribution in [3.8, 4) is 0 Å². The molecule has 1 atom stereocenters. The number of nitrogens with zero attached hydrogens (tertiary/aromatic N) is 4. The van der Waals surface area contributed by atoms with Crippen LogP contribution in [0.3, 0.4) is 0 Å². The minimum absolute atomic E-state index is 0.545. The molecule has 1 unspecified atom stereocenters. The molecule has 6 heteroatoms. The Morgan fingerprint density at radius 3 is 2.64 bits per heavy atom. The van der Waals surface area contributed by atoms with Gasteiger partial charge in [-0.2, -0.15) is 0 Å². The lowest BCUT2D eigenvalue weighted by molar-refractivity contribution is 0.221. The molecule has 0 amide bonds. The van der Waals surface area contributed by atoms with Gasteiger partial charge in [-0.1, -0.05) is 0 Å². The average Bonchev–Trinajstić information content (AvgIpc) is 3.41. The molecule has 1 N–H and O–H groups in total. The van der Waals surface area contributed by atoms with Gasteiger partial charge in [0.1, 0.15) is 17.0 Å². The van der Waals surface area contributed by atoms with Crippen molar-refractivity contribution in [1.82, 2.24) is 19.8 Å². The van der Waals surface area contributed by atoms with E-state index in [0.717, 1.165) is 11.9 Å². The first kappa shape index (κ1) is 18.8. The largest absolute Gasteiger partial charge is 0.367 e. The molecule has 28 heavy (non-hydrogen) atoms. The van der Waals surface area contributed by atoms with E-state index in [1.54, 1.807) is 16.8 Å². The maximum Gasteiger partial charge on any atom is 0.138 e. The molecule has 0 radical (unpaired) electrons. The quantitative estimate of drug-likeness (QED) is 0.820. The van der Waals surface area contributed by atoms with Gasteiger partial charge < -0.3 is 15.1 Å². The number of likely N-dealkylation sites (tertiary alicyclic amines) is 1. The van der Waals surface area contributed by atoms with Crippen LogP contribution in [0, 0.1) is 0 Å². The summed E-state index contributed by atoms with van der Waals surface area (Å²) in [6.45, 7) is 3.79. The molecule has 3 aliphatic rings. The SMILES string of the molecule is CN(C)[C@H]1CC[C@H](Nc2ncnc3sc4c(c23)C(CN2CCCC2)CC4)CC1. The number of thiophene rings is 1. The Morgan fingerprint density at radius 2 is 1.89 bits per heavy atom. The molecule has 5 nitrogen and oxygen atoms in total. The van der Waals surface area contributed by atoms with Crippen molar-refractivity contribution in [1.29, 1.82) is 0 Å². The molecular formula is C22H33N5S. The van der Waals surface area contributed by atoms with Gasteiger partial charge in [0.2, 0.25) is 0 Å². The van der Waals surface area contributed by atoms with Gasteiger partial charge in [0.15, 0.2) is 0 Å². The summed E-state index contributed by atoms with van der Waals surface area (Å²) in [5, 5.41) is 5.18. The molecule has 0 bridgehead atoms. The minimum Gasteiger partial charge on any atom is -0.367 e. The standard InChI is InChI=1S/C22H33N5S/c1-26(2)17-8-6-16(7-9-17)25-21-20-19-15(13-27-11-3-4-12-27)5-10-18(19)28-22(20)24-14-23-21/h14-17H,3-13H2,1-2H3,(H,23,24,25)/t15?,16-,17-. The van der Waals surface area contributed by atoms with Gasteiger partial charge in [-0.15, -0.1) is 11.3 Å². The number of hydrogen-bond donors (Lipinski definition) is 1. The molecule has 2 fully saturated rings. The van der Waals surface area contributed by atoms with E-state index in [-0.39, 0.29) is 0 Å². The van der Waals surface area contributed by atoms with Crippen molar-refractivity contribution in [2.75, 3.05) is 39.0 Å². The van der Waals surface area contributed by atoms with Gasteiger partial charge >= 0.3 is 0 Å². The number of rotatable bonds is 5. The molecule has 0 spiro atoms. The molecule has 152 valence electrons. The predicted molar refractivity (Wildman–Crippen MR) is 118 cm³/mol. The molecule has 2 aliphatic carbocycles. The number of anilines is 1. The van der Waals surface area contributed by atoms with Gasteiger partial charge in [-0.3, -0.25) is 0 Å². The number of nitrogens with one attached hydrogen (secondary N) is 1. The lowest BCUT2D eigenvalue weighted by Gasteiger charge is -2.33. The highest BCUT2D eigenvalue weighted by Crippen LogP contribution is 2.46. The molecular weight excluding hydrogens is 366 g/mol. The highest BCUT2D eigenvalue weighted by molar-refractivity contribution is 7.19. The normalized spacial score (nSPS) is 28.3. The molecule has 3 heterocycles. The highest BCUT2D eigenvalue weighted by atomic mass is 32.1. The van der Waals surface area contributed by atoms with Crippen LogP contribution in [0.25, 0.3) is 10.2 Å². The van der Waals surface area contributed by atoms with E-state index in [0.29, 0.717) is 12.0 Å². The Kier molecular flexibility index (Phi) is 5.28. The second kappa shape index (κ2) is 7.88. The summed E-state index contributed by atoms with van der Waals surface area (Å²) in [6.07, 6.45) is 12.0. The van der Waals surface area contributed by atoms with Gasteiger partial charge in [-0.25, -0.2) is 9.97 Å². The van der Waals surface area contributed by atoms with Gasteiger partial charge in [0, 0.05) is 23.5 Å². The number of aryl methyl sites for hydroxylation is 1. The Bertz CT molecular complexity index is 818. The van der Waals surface area contributed by atoms with Crippen molar-refractivity contribution in [3.05, 3.63) is 16.8 Å². The fraction of sp³-hybridized carbons (Fsp3) is 0.727. The fourth-order valence-corrected chi connectivity index (χ4v) is 6.81. The smallest absolute Gasteiger partial charge is 0.138 e. The van der Waals surface area contributed by atoms with Crippen LogP contribution < -0.4 is 5.32 Å². The summed E-state index contributed by atoms with van der Waals surface area (Å²) in [5.41, 5.74) is 1.58. The molecule has 0 aromatic carbocycles. The van der Waals surface area contributed by atoms with E-state index in [2.05, 4.69) is 34.2 Å². The Labute approximate surface area is 172 Å². The number of hydrogen-bond acceptors (Lipinski definition) is 6. The zero-order chi connectivity index (χ0) is 19.1. The fourth-order valence-electron chi connectivity index (χ4n) is 5.57. The maximum atomic E-state index is 4.73. The summed E-state index contributed by atoms with van der Waals surface area (Å²) < 4.78 is 0. The van der Waals surface area contributed by atoms with Crippen LogP contribution in [0.2, 0.25) is 0 Å². The van der Waals surface area contributed by atoms with E-state index < -0.39 is 0 Å². The van der Waals surface area contributed by atoms with Crippen LogP contribution in [0.5, 0.6) is 0 Å². The molecule has 1 saturated heterocycles. The summed E-state index contributed by atoms with van der Waals surface area (Å²) in [6, 6.07) is 1.28. The van der Waals surface area contributed by atoms with Gasteiger partial charge in [-0.05, 0) is 90.0 Å². The third-order valence-electron chi connectivity index (χ3n) is 7.18. The third-order valence-corrected chi connectivity index (χ3v) is 8.35. The second-order valence-electron chi connectivity index (χ2n) is 9.20. The lowest BCUT2D eigenvalue weighted by Crippen LogP contribution is -2.36. The molecule has 5 rings (SSSR count). The highest BCUT2D eigenvalue weighted by Gasteiger charge is 2.32. The molecule has 1 aliphatic heterocycles. The molecule has 2 aromatic heterocycles. The summed E-state index contributed by atoms with van der Waals surface area (Å²) in [4.78, 5) is 17.2. The second-order valence-corrected chi connectivity index (χ2v) is 10.3. The third kappa shape index (κ3) is 3.55. The monoisotopic (exact) mass is 399 g/mol. The van der Waals surface area contributed by atoms with Crippen LogP contribution in [-0.4, -0.2) is 65.6 Å². The van der Waals surface area contributed by atoms with E-state index in [9.17, 15) is 0 Å². The van der Waals surface area contributed by atoms with E-state index in [4.69, 9.17) is 4.98 Å². The van der Waals surface area contributed by atoms with Gasteiger partial charge in [0.25, 0.3) is 0 Å². The average molecular weight is 400 g/mol. The van der Waals surface area contributed by atoms with Crippen molar-refractivity contribution in [3.63, 3.8) is 0 Å². The first-order chi connectivity index (χ1) is 13.7. The first-order valence-corrected chi connectivity index (χ1v) is 11.9. The zero-order valence-corrected chi connectivity index (χ0v) is 18.1. The molecule has 1 saturated carbocycles.